The van der Waals surface area contributed by atoms with E-state index in [4.69, 9.17) is 5.73 Å². The molecule has 3 heteroatoms. The van der Waals surface area contributed by atoms with Crippen LogP contribution in [0.4, 0.5) is 4.39 Å². The first kappa shape index (κ1) is 8.14. The zero-order valence-electron chi connectivity index (χ0n) is 6.42. The van der Waals surface area contributed by atoms with Gasteiger partial charge in [-0.25, -0.2) is 4.98 Å². The fraction of sp³-hybridized carbons (Fsp3) is 0.375. The molecule has 1 rings (SSSR count). The van der Waals surface area contributed by atoms with Crippen molar-refractivity contribution < 1.29 is 4.39 Å². The van der Waals surface area contributed by atoms with E-state index in [2.05, 4.69) is 4.98 Å². The number of nitrogens with two attached hydrogens (primary N) is 1. The molecule has 60 valence electrons. The van der Waals surface area contributed by atoms with Crippen molar-refractivity contribution in [2.24, 2.45) is 5.73 Å². The van der Waals surface area contributed by atoms with Gasteiger partial charge in [-0.1, -0.05) is 6.92 Å². The SMILES string of the molecule is CC(CN)c1ccnc(F)c1. The molecular weight excluding hydrogens is 143 g/mol. The fourth-order valence-corrected chi connectivity index (χ4v) is 0.860. The van der Waals surface area contributed by atoms with Gasteiger partial charge in [0.2, 0.25) is 5.95 Å². The van der Waals surface area contributed by atoms with E-state index in [-0.39, 0.29) is 5.92 Å². The summed E-state index contributed by atoms with van der Waals surface area (Å²) in [4.78, 5) is 3.45. The predicted molar refractivity (Wildman–Crippen MR) is 41.7 cm³/mol. The van der Waals surface area contributed by atoms with Gasteiger partial charge in [-0.3, -0.25) is 0 Å². The number of aromatic nitrogens is 1. The molecule has 1 unspecified atom stereocenters. The second kappa shape index (κ2) is 3.44. The summed E-state index contributed by atoms with van der Waals surface area (Å²) in [6.07, 6.45) is 1.46. The molecule has 1 aromatic heterocycles. The Balaban J connectivity index is 2.86. The van der Waals surface area contributed by atoms with Gasteiger partial charge in [-0.15, -0.1) is 0 Å². The molecule has 0 bridgehead atoms. The zero-order valence-corrected chi connectivity index (χ0v) is 6.42. The minimum Gasteiger partial charge on any atom is -0.330 e. The Bertz CT molecular complexity index is 237. The Morgan fingerprint density at radius 2 is 2.45 bits per heavy atom. The third kappa shape index (κ3) is 1.98. The Morgan fingerprint density at radius 1 is 1.73 bits per heavy atom. The van der Waals surface area contributed by atoms with Gasteiger partial charge in [0.15, 0.2) is 0 Å². The first-order valence-corrected chi connectivity index (χ1v) is 3.55. The van der Waals surface area contributed by atoms with Crippen LogP contribution in [-0.4, -0.2) is 11.5 Å². The molecule has 0 saturated carbocycles. The summed E-state index contributed by atoms with van der Waals surface area (Å²) >= 11 is 0. The number of halogens is 1. The predicted octanol–water partition coefficient (Wildman–Crippen LogP) is 1.28. The van der Waals surface area contributed by atoms with Crippen molar-refractivity contribution in [1.82, 2.24) is 4.98 Å². The largest absolute Gasteiger partial charge is 0.330 e. The minimum absolute atomic E-state index is 0.201. The molecule has 2 nitrogen and oxygen atoms in total. The van der Waals surface area contributed by atoms with Crippen LogP contribution in [0.3, 0.4) is 0 Å². The fourth-order valence-electron chi connectivity index (χ4n) is 0.860. The first-order chi connectivity index (χ1) is 5.24. The summed E-state index contributed by atoms with van der Waals surface area (Å²) in [6.45, 7) is 2.48. The van der Waals surface area contributed by atoms with Crippen LogP contribution in [-0.2, 0) is 0 Å². The third-order valence-electron chi connectivity index (χ3n) is 1.67. The Morgan fingerprint density at radius 3 is 3.00 bits per heavy atom. The number of nitrogens with zero attached hydrogens (tertiary/aromatic N) is 1. The van der Waals surface area contributed by atoms with Gasteiger partial charge in [0.1, 0.15) is 0 Å². The Kier molecular flexibility index (Phi) is 2.54. The molecule has 11 heavy (non-hydrogen) atoms. The van der Waals surface area contributed by atoms with Crippen LogP contribution in [0.2, 0.25) is 0 Å². The van der Waals surface area contributed by atoms with Crippen LogP contribution in [0.25, 0.3) is 0 Å². The average molecular weight is 154 g/mol. The molecule has 0 aliphatic heterocycles. The Hall–Kier alpha value is -0.960. The molecular formula is C8H11FN2. The second-order valence-corrected chi connectivity index (χ2v) is 2.55. The second-order valence-electron chi connectivity index (χ2n) is 2.55. The molecule has 1 heterocycles. The van der Waals surface area contributed by atoms with Crippen molar-refractivity contribution in [1.29, 1.82) is 0 Å². The molecule has 2 N–H and O–H groups in total. The Labute approximate surface area is 65.3 Å². The van der Waals surface area contributed by atoms with Crippen LogP contribution in [0.1, 0.15) is 18.4 Å². The summed E-state index contributed by atoms with van der Waals surface area (Å²) in [5.41, 5.74) is 6.31. The van der Waals surface area contributed by atoms with Gasteiger partial charge >= 0.3 is 0 Å². The maximum absolute atomic E-state index is 12.5. The number of hydrogen-bond acceptors (Lipinski definition) is 2. The summed E-state index contributed by atoms with van der Waals surface area (Å²) in [6, 6.07) is 3.19. The maximum Gasteiger partial charge on any atom is 0.213 e. The molecule has 0 saturated heterocycles. The van der Waals surface area contributed by atoms with Crippen molar-refractivity contribution >= 4 is 0 Å². The van der Waals surface area contributed by atoms with Crippen molar-refractivity contribution in [3.05, 3.63) is 29.8 Å². The molecule has 0 fully saturated rings. The standard InChI is InChI=1S/C8H11FN2/c1-6(5-10)7-2-3-11-8(9)4-7/h2-4,6H,5,10H2,1H3. The molecule has 0 aromatic carbocycles. The van der Waals surface area contributed by atoms with Gasteiger partial charge in [-0.05, 0) is 30.2 Å². The van der Waals surface area contributed by atoms with E-state index in [0.29, 0.717) is 6.54 Å². The molecule has 1 aromatic rings. The van der Waals surface area contributed by atoms with Crippen molar-refractivity contribution in [2.45, 2.75) is 12.8 Å². The first-order valence-electron chi connectivity index (χ1n) is 3.55. The lowest BCUT2D eigenvalue weighted by Crippen LogP contribution is -2.09. The van der Waals surface area contributed by atoms with Crippen LogP contribution in [0.15, 0.2) is 18.3 Å². The van der Waals surface area contributed by atoms with Crippen LogP contribution < -0.4 is 5.73 Å². The smallest absolute Gasteiger partial charge is 0.213 e. The molecule has 0 aliphatic rings. The highest BCUT2D eigenvalue weighted by Crippen LogP contribution is 2.12. The number of pyridine rings is 1. The van der Waals surface area contributed by atoms with Crippen LogP contribution >= 0.6 is 0 Å². The summed E-state index contributed by atoms with van der Waals surface area (Å²) in [5, 5.41) is 0. The van der Waals surface area contributed by atoms with E-state index in [1.54, 1.807) is 6.07 Å². The lowest BCUT2D eigenvalue weighted by molar-refractivity contribution is 0.578. The highest BCUT2D eigenvalue weighted by Gasteiger charge is 2.03. The van der Waals surface area contributed by atoms with Crippen molar-refractivity contribution in [3.63, 3.8) is 0 Å². The highest BCUT2D eigenvalue weighted by atomic mass is 19.1. The molecule has 0 spiro atoms. The van der Waals surface area contributed by atoms with Gasteiger partial charge in [0.25, 0.3) is 0 Å². The average Bonchev–Trinajstić information content (AvgIpc) is 2.03. The minimum atomic E-state index is -0.442. The summed E-state index contributed by atoms with van der Waals surface area (Å²) in [5.74, 6) is -0.240. The molecule has 0 radical (unpaired) electrons. The van der Waals surface area contributed by atoms with E-state index in [9.17, 15) is 4.39 Å². The molecule has 0 aliphatic carbocycles. The topological polar surface area (TPSA) is 38.9 Å². The van der Waals surface area contributed by atoms with Gasteiger partial charge in [0.05, 0.1) is 0 Å². The zero-order chi connectivity index (χ0) is 8.27. The molecule has 1 atom stereocenters. The van der Waals surface area contributed by atoms with Gasteiger partial charge in [-0.2, -0.15) is 4.39 Å². The monoisotopic (exact) mass is 154 g/mol. The van der Waals surface area contributed by atoms with Gasteiger partial charge in [0, 0.05) is 6.20 Å². The lowest BCUT2D eigenvalue weighted by Gasteiger charge is -2.06. The highest BCUT2D eigenvalue weighted by molar-refractivity contribution is 5.15. The quantitative estimate of drug-likeness (QED) is 0.652. The van der Waals surface area contributed by atoms with E-state index >= 15 is 0 Å². The summed E-state index contributed by atoms with van der Waals surface area (Å²) in [7, 11) is 0. The summed E-state index contributed by atoms with van der Waals surface area (Å²) < 4.78 is 12.5. The number of hydrogen-bond donors (Lipinski definition) is 1. The van der Waals surface area contributed by atoms with E-state index in [1.165, 1.54) is 12.3 Å². The van der Waals surface area contributed by atoms with Crippen molar-refractivity contribution in [2.75, 3.05) is 6.54 Å². The van der Waals surface area contributed by atoms with E-state index in [1.807, 2.05) is 6.92 Å². The third-order valence-corrected chi connectivity index (χ3v) is 1.67. The van der Waals surface area contributed by atoms with Crippen LogP contribution in [0.5, 0.6) is 0 Å². The van der Waals surface area contributed by atoms with Crippen molar-refractivity contribution in [3.8, 4) is 0 Å². The van der Waals surface area contributed by atoms with E-state index < -0.39 is 5.95 Å². The molecule has 0 amide bonds. The normalized spacial score (nSPS) is 13.0. The maximum atomic E-state index is 12.5. The van der Waals surface area contributed by atoms with Gasteiger partial charge < -0.3 is 5.73 Å². The van der Waals surface area contributed by atoms with E-state index in [0.717, 1.165) is 5.56 Å². The number of rotatable bonds is 2. The van der Waals surface area contributed by atoms with Crippen LogP contribution in [0, 0.1) is 5.95 Å². The lowest BCUT2D eigenvalue weighted by atomic mass is 10.0.